The van der Waals surface area contributed by atoms with Crippen molar-refractivity contribution in [1.82, 2.24) is 5.32 Å². The Bertz CT molecular complexity index is 982. The fourth-order valence-corrected chi connectivity index (χ4v) is 3.88. The van der Waals surface area contributed by atoms with Crippen LogP contribution in [0.15, 0.2) is 60.7 Å². The van der Waals surface area contributed by atoms with Gasteiger partial charge in [0.25, 0.3) is 5.91 Å². The number of amides is 1. The van der Waals surface area contributed by atoms with Crippen molar-refractivity contribution in [3.05, 3.63) is 76.1 Å². The predicted octanol–water partition coefficient (Wildman–Crippen LogP) is 4.82. The number of ether oxygens (including phenoxy) is 1. The fourth-order valence-electron chi connectivity index (χ4n) is 2.48. The molecule has 1 amide bonds. The van der Waals surface area contributed by atoms with E-state index in [0.29, 0.717) is 11.6 Å². The van der Waals surface area contributed by atoms with Gasteiger partial charge in [-0.15, -0.1) is 11.3 Å². The molecule has 138 valence electrons. The largest absolute Gasteiger partial charge is 0.449 e. The maximum absolute atomic E-state index is 12.1. The van der Waals surface area contributed by atoms with Gasteiger partial charge >= 0.3 is 5.97 Å². The first-order valence-corrected chi connectivity index (χ1v) is 9.61. The smallest absolute Gasteiger partial charge is 0.331 e. The molecule has 0 aliphatic carbocycles. The van der Waals surface area contributed by atoms with Gasteiger partial charge in [0, 0.05) is 27.6 Å². The maximum Gasteiger partial charge on any atom is 0.331 e. The van der Waals surface area contributed by atoms with Crippen molar-refractivity contribution in [2.24, 2.45) is 0 Å². The molecule has 1 aromatic heterocycles. The third-order valence-electron chi connectivity index (χ3n) is 3.90. The molecule has 1 atom stereocenters. The number of esters is 1. The summed E-state index contributed by atoms with van der Waals surface area (Å²) >= 11 is 7.83. The summed E-state index contributed by atoms with van der Waals surface area (Å²) in [6, 6.07) is 17.3. The minimum absolute atomic E-state index is 0.347. The number of rotatable bonds is 6. The van der Waals surface area contributed by atoms with Crippen LogP contribution in [0.25, 0.3) is 16.2 Å². The van der Waals surface area contributed by atoms with Crippen molar-refractivity contribution < 1.29 is 14.3 Å². The van der Waals surface area contributed by atoms with Crippen LogP contribution in [0.2, 0.25) is 5.02 Å². The zero-order valence-corrected chi connectivity index (χ0v) is 16.2. The number of nitrogens with one attached hydrogen (secondary N) is 1. The van der Waals surface area contributed by atoms with E-state index in [1.54, 1.807) is 13.0 Å². The Morgan fingerprint density at radius 1 is 1.15 bits per heavy atom. The van der Waals surface area contributed by atoms with E-state index in [0.717, 1.165) is 20.5 Å². The molecule has 3 rings (SSSR count). The van der Waals surface area contributed by atoms with Crippen LogP contribution in [0.1, 0.15) is 17.4 Å². The predicted molar refractivity (Wildman–Crippen MR) is 110 cm³/mol. The number of carbonyl (C=O) groups excluding carboxylic acids is 2. The quantitative estimate of drug-likeness (QED) is 0.477. The first-order valence-electron chi connectivity index (χ1n) is 8.42. The van der Waals surface area contributed by atoms with Crippen molar-refractivity contribution in [3.8, 4) is 0 Å². The fraction of sp³-hybridized carbons (Fsp3) is 0.143. The SMILES string of the molecule is C[C@H](OC(=O)/C=C/c1sc2ccccc2c1Cl)C(=O)NCc1ccccc1. The third-order valence-corrected chi connectivity index (χ3v) is 5.56. The van der Waals surface area contributed by atoms with Crippen LogP contribution in [0.4, 0.5) is 0 Å². The molecular formula is C21H18ClNO3S. The highest BCUT2D eigenvalue weighted by molar-refractivity contribution is 7.20. The number of carbonyl (C=O) groups is 2. The molecular weight excluding hydrogens is 382 g/mol. The maximum atomic E-state index is 12.1. The van der Waals surface area contributed by atoms with E-state index in [1.807, 2.05) is 54.6 Å². The molecule has 0 bridgehead atoms. The molecule has 1 N–H and O–H groups in total. The Morgan fingerprint density at radius 2 is 1.85 bits per heavy atom. The summed E-state index contributed by atoms with van der Waals surface area (Å²) in [6.45, 7) is 1.92. The van der Waals surface area contributed by atoms with E-state index in [-0.39, 0.29) is 5.91 Å². The average molecular weight is 400 g/mol. The number of hydrogen-bond donors (Lipinski definition) is 1. The molecule has 2 aromatic carbocycles. The van der Waals surface area contributed by atoms with Gasteiger partial charge in [-0.3, -0.25) is 4.79 Å². The summed E-state index contributed by atoms with van der Waals surface area (Å²) < 4.78 is 6.21. The number of hydrogen-bond acceptors (Lipinski definition) is 4. The monoisotopic (exact) mass is 399 g/mol. The second-order valence-electron chi connectivity index (χ2n) is 5.89. The Hall–Kier alpha value is -2.63. The molecule has 0 spiro atoms. The van der Waals surface area contributed by atoms with Gasteiger partial charge in [-0.05, 0) is 24.6 Å². The Balaban J connectivity index is 1.55. The lowest BCUT2D eigenvalue weighted by Gasteiger charge is -2.12. The number of thiophene rings is 1. The lowest BCUT2D eigenvalue weighted by molar-refractivity contribution is -0.150. The van der Waals surface area contributed by atoms with Crippen molar-refractivity contribution in [3.63, 3.8) is 0 Å². The highest BCUT2D eigenvalue weighted by Crippen LogP contribution is 2.35. The molecule has 3 aromatic rings. The molecule has 27 heavy (non-hydrogen) atoms. The first-order chi connectivity index (χ1) is 13.0. The second-order valence-corrected chi connectivity index (χ2v) is 7.35. The number of halogens is 1. The van der Waals surface area contributed by atoms with Crippen LogP contribution in [0, 0.1) is 0 Å². The van der Waals surface area contributed by atoms with Crippen LogP contribution in [-0.2, 0) is 20.9 Å². The summed E-state index contributed by atoms with van der Waals surface area (Å²) in [7, 11) is 0. The molecule has 0 saturated carbocycles. The molecule has 0 fully saturated rings. The minimum atomic E-state index is -0.885. The molecule has 6 heteroatoms. The number of fused-ring (bicyclic) bond motifs is 1. The summed E-state index contributed by atoms with van der Waals surface area (Å²) in [5.41, 5.74) is 0.976. The summed E-state index contributed by atoms with van der Waals surface area (Å²) in [5, 5.41) is 4.30. The van der Waals surface area contributed by atoms with Crippen LogP contribution in [-0.4, -0.2) is 18.0 Å². The average Bonchev–Trinajstić information content (AvgIpc) is 3.01. The lowest BCUT2D eigenvalue weighted by atomic mass is 10.2. The Kier molecular flexibility index (Phi) is 6.27. The van der Waals surface area contributed by atoms with Crippen LogP contribution < -0.4 is 5.32 Å². The van der Waals surface area contributed by atoms with Gasteiger partial charge in [0.2, 0.25) is 0 Å². The van der Waals surface area contributed by atoms with Crippen molar-refractivity contribution >= 4 is 51.0 Å². The van der Waals surface area contributed by atoms with Gasteiger partial charge in [0.15, 0.2) is 6.10 Å². The van der Waals surface area contributed by atoms with Crippen LogP contribution in [0.3, 0.4) is 0 Å². The lowest BCUT2D eigenvalue weighted by Crippen LogP contribution is -2.35. The highest BCUT2D eigenvalue weighted by atomic mass is 35.5. The standard InChI is InChI=1S/C21H18ClNO3S/c1-14(21(25)23-13-15-7-3-2-4-8-15)26-19(24)12-11-18-20(22)16-9-5-6-10-17(16)27-18/h2-12,14H,13H2,1H3,(H,23,25)/b12-11+/t14-/m0/s1. The summed E-state index contributed by atoms with van der Waals surface area (Å²) in [5.74, 6) is -0.939. The first kappa shape index (κ1) is 19.1. The molecule has 0 saturated heterocycles. The molecule has 0 unspecified atom stereocenters. The van der Waals surface area contributed by atoms with E-state index in [1.165, 1.54) is 17.4 Å². The molecule has 4 nitrogen and oxygen atoms in total. The molecule has 1 heterocycles. The summed E-state index contributed by atoms with van der Waals surface area (Å²) in [6.07, 6.45) is 2.02. The zero-order valence-electron chi connectivity index (χ0n) is 14.6. The van der Waals surface area contributed by atoms with E-state index in [9.17, 15) is 9.59 Å². The third kappa shape index (κ3) is 4.96. The van der Waals surface area contributed by atoms with Crippen molar-refractivity contribution in [2.75, 3.05) is 0 Å². The van der Waals surface area contributed by atoms with E-state index >= 15 is 0 Å². The highest BCUT2D eigenvalue weighted by Gasteiger charge is 2.16. The molecule has 0 radical (unpaired) electrons. The van der Waals surface area contributed by atoms with Gasteiger partial charge in [-0.25, -0.2) is 4.79 Å². The second kappa shape index (κ2) is 8.84. The van der Waals surface area contributed by atoms with Gasteiger partial charge in [-0.1, -0.05) is 60.1 Å². The Labute approximate surface area is 166 Å². The van der Waals surface area contributed by atoms with Gasteiger partial charge in [0.1, 0.15) is 0 Å². The molecule has 0 aliphatic heterocycles. The zero-order chi connectivity index (χ0) is 19.2. The van der Waals surface area contributed by atoms with Crippen molar-refractivity contribution in [1.29, 1.82) is 0 Å². The van der Waals surface area contributed by atoms with E-state index in [4.69, 9.17) is 16.3 Å². The topological polar surface area (TPSA) is 55.4 Å². The number of benzene rings is 2. The van der Waals surface area contributed by atoms with Crippen LogP contribution >= 0.6 is 22.9 Å². The van der Waals surface area contributed by atoms with E-state index in [2.05, 4.69) is 5.32 Å². The van der Waals surface area contributed by atoms with Crippen LogP contribution in [0.5, 0.6) is 0 Å². The van der Waals surface area contributed by atoms with Gasteiger partial charge in [-0.2, -0.15) is 0 Å². The van der Waals surface area contributed by atoms with E-state index < -0.39 is 12.1 Å². The molecule has 0 aliphatic rings. The van der Waals surface area contributed by atoms with Crippen molar-refractivity contribution in [2.45, 2.75) is 19.6 Å². The normalized spacial score (nSPS) is 12.2. The van der Waals surface area contributed by atoms with Gasteiger partial charge in [0.05, 0.1) is 5.02 Å². The van der Waals surface area contributed by atoms with Gasteiger partial charge < -0.3 is 10.1 Å². The summed E-state index contributed by atoms with van der Waals surface area (Å²) in [4.78, 5) is 24.8. The minimum Gasteiger partial charge on any atom is -0.449 e. The Morgan fingerprint density at radius 3 is 2.59 bits per heavy atom.